The van der Waals surface area contributed by atoms with Gasteiger partial charge in [0, 0.05) is 29.0 Å². The van der Waals surface area contributed by atoms with Crippen LogP contribution in [0.1, 0.15) is 28.5 Å². The van der Waals surface area contributed by atoms with E-state index >= 15 is 0 Å². The minimum absolute atomic E-state index is 0.200. The molecule has 0 fully saturated rings. The number of nitriles is 1. The number of aromatic nitrogens is 2. The molecule has 0 aliphatic heterocycles. The normalized spacial score (nSPS) is 10.8. The highest BCUT2D eigenvalue weighted by Crippen LogP contribution is 2.32. The van der Waals surface area contributed by atoms with Crippen LogP contribution >= 0.6 is 0 Å². The summed E-state index contributed by atoms with van der Waals surface area (Å²) in [4.78, 5) is 19.6. The van der Waals surface area contributed by atoms with Gasteiger partial charge in [-0.15, -0.1) is 0 Å². The third kappa shape index (κ3) is 2.41. The summed E-state index contributed by atoms with van der Waals surface area (Å²) in [6.45, 7) is 2.21. The van der Waals surface area contributed by atoms with Crippen LogP contribution in [-0.4, -0.2) is 29.7 Å². The van der Waals surface area contributed by atoms with E-state index in [1.165, 1.54) is 0 Å². The third-order valence-electron chi connectivity index (χ3n) is 3.64. The van der Waals surface area contributed by atoms with E-state index in [0.717, 1.165) is 21.8 Å². The molecule has 1 N–H and O–H groups in total. The van der Waals surface area contributed by atoms with Crippen molar-refractivity contribution in [2.45, 2.75) is 13.5 Å². The monoisotopic (exact) mass is 309 g/mol. The van der Waals surface area contributed by atoms with Crippen molar-refractivity contribution in [1.29, 1.82) is 5.26 Å². The van der Waals surface area contributed by atoms with Gasteiger partial charge in [0.15, 0.2) is 5.69 Å². The van der Waals surface area contributed by atoms with Crippen LogP contribution in [0, 0.1) is 11.3 Å². The van der Waals surface area contributed by atoms with Gasteiger partial charge in [0.2, 0.25) is 0 Å². The predicted octanol–water partition coefficient (Wildman–Crippen LogP) is 2.91. The number of rotatable bonds is 4. The molecule has 6 nitrogen and oxygen atoms in total. The van der Waals surface area contributed by atoms with E-state index in [0.29, 0.717) is 11.1 Å². The van der Waals surface area contributed by atoms with E-state index in [2.05, 4.69) is 16.0 Å². The van der Waals surface area contributed by atoms with Crippen LogP contribution in [0.2, 0.25) is 0 Å². The number of methoxy groups -OCH3 is 1. The van der Waals surface area contributed by atoms with Gasteiger partial charge in [0.1, 0.15) is 0 Å². The molecule has 0 bridgehead atoms. The molecule has 2 aromatic heterocycles. The number of nitrogens with zero attached hydrogens (tertiary/aromatic N) is 2. The van der Waals surface area contributed by atoms with Gasteiger partial charge in [0.25, 0.3) is 0 Å². The van der Waals surface area contributed by atoms with Crippen LogP contribution in [0.5, 0.6) is 0 Å². The maximum Gasteiger partial charge on any atom is 0.357 e. The molecule has 0 aliphatic rings. The molecule has 0 amide bonds. The summed E-state index contributed by atoms with van der Waals surface area (Å²) in [7, 11) is 1.55. The number of pyridine rings is 1. The van der Waals surface area contributed by atoms with Crippen LogP contribution in [0.15, 0.2) is 24.4 Å². The van der Waals surface area contributed by atoms with E-state index in [4.69, 9.17) is 9.47 Å². The SMILES string of the molecule is CCOC(=O)c1ncc2[nH]c3cccc(C#N)c3c2c1COC. The summed E-state index contributed by atoms with van der Waals surface area (Å²) in [6.07, 6.45) is 1.59. The Balaban J connectivity index is 2.41. The van der Waals surface area contributed by atoms with Crippen molar-refractivity contribution in [1.82, 2.24) is 9.97 Å². The lowest BCUT2D eigenvalue weighted by Gasteiger charge is -2.09. The first-order valence-corrected chi connectivity index (χ1v) is 7.19. The summed E-state index contributed by atoms with van der Waals surface area (Å²) in [5, 5.41) is 10.9. The minimum Gasteiger partial charge on any atom is -0.461 e. The highest BCUT2D eigenvalue weighted by Gasteiger charge is 2.21. The zero-order chi connectivity index (χ0) is 16.4. The van der Waals surface area contributed by atoms with Gasteiger partial charge < -0.3 is 14.5 Å². The van der Waals surface area contributed by atoms with Gasteiger partial charge >= 0.3 is 5.97 Å². The Labute approximate surface area is 132 Å². The van der Waals surface area contributed by atoms with Crippen molar-refractivity contribution in [2.75, 3.05) is 13.7 Å². The summed E-state index contributed by atoms with van der Waals surface area (Å²) in [5.74, 6) is -0.495. The van der Waals surface area contributed by atoms with Gasteiger partial charge in [-0.2, -0.15) is 5.26 Å². The number of benzene rings is 1. The van der Waals surface area contributed by atoms with Crippen LogP contribution in [0.3, 0.4) is 0 Å². The number of nitrogens with one attached hydrogen (secondary N) is 1. The molecule has 1 aromatic carbocycles. The Hall–Kier alpha value is -2.91. The Kier molecular flexibility index (Phi) is 3.96. The fraction of sp³-hybridized carbons (Fsp3) is 0.235. The minimum atomic E-state index is -0.495. The Morgan fingerprint density at radius 2 is 2.17 bits per heavy atom. The van der Waals surface area contributed by atoms with Gasteiger partial charge in [-0.25, -0.2) is 9.78 Å². The molecule has 0 saturated carbocycles. The number of esters is 1. The van der Waals surface area contributed by atoms with Gasteiger partial charge in [-0.1, -0.05) is 6.07 Å². The Bertz CT molecular complexity index is 938. The largest absolute Gasteiger partial charge is 0.461 e. The van der Waals surface area contributed by atoms with Crippen LogP contribution in [-0.2, 0) is 16.1 Å². The summed E-state index contributed by atoms with van der Waals surface area (Å²) in [5.41, 5.74) is 2.95. The van der Waals surface area contributed by atoms with Crippen molar-refractivity contribution >= 4 is 27.8 Å². The molecule has 23 heavy (non-hydrogen) atoms. The summed E-state index contributed by atoms with van der Waals surface area (Å²) >= 11 is 0. The molecule has 0 atom stereocenters. The molecule has 3 aromatic rings. The second kappa shape index (κ2) is 6.07. The first-order valence-electron chi connectivity index (χ1n) is 7.19. The fourth-order valence-electron chi connectivity index (χ4n) is 2.76. The number of hydrogen-bond acceptors (Lipinski definition) is 5. The number of aromatic amines is 1. The van der Waals surface area contributed by atoms with Crippen LogP contribution in [0.25, 0.3) is 21.8 Å². The Morgan fingerprint density at radius 3 is 2.87 bits per heavy atom. The van der Waals surface area contributed by atoms with E-state index < -0.39 is 5.97 Å². The van der Waals surface area contributed by atoms with E-state index in [1.807, 2.05) is 12.1 Å². The smallest absolute Gasteiger partial charge is 0.357 e. The zero-order valence-corrected chi connectivity index (χ0v) is 12.8. The molecule has 6 heteroatoms. The van der Waals surface area contributed by atoms with Crippen molar-refractivity contribution in [3.63, 3.8) is 0 Å². The number of fused-ring (bicyclic) bond motifs is 3. The molecule has 116 valence electrons. The number of ether oxygens (including phenoxy) is 2. The molecule has 0 radical (unpaired) electrons. The zero-order valence-electron chi connectivity index (χ0n) is 12.8. The van der Waals surface area contributed by atoms with Crippen molar-refractivity contribution < 1.29 is 14.3 Å². The third-order valence-corrected chi connectivity index (χ3v) is 3.64. The maximum atomic E-state index is 12.2. The molecular formula is C17H15N3O3. The Morgan fingerprint density at radius 1 is 1.35 bits per heavy atom. The fourth-order valence-corrected chi connectivity index (χ4v) is 2.76. The molecular weight excluding hydrogens is 294 g/mol. The predicted molar refractivity (Wildman–Crippen MR) is 85.0 cm³/mol. The van der Waals surface area contributed by atoms with Crippen molar-refractivity contribution in [3.05, 3.63) is 41.2 Å². The second-order valence-corrected chi connectivity index (χ2v) is 4.99. The van der Waals surface area contributed by atoms with Crippen molar-refractivity contribution in [3.8, 4) is 6.07 Å². The van der Waals surface area contributed by atoms with E-state index in [-0.39, 0.29) is 18.9 Å². The summed E-state index contributed by atoms with van der Waals surface area (Å²) < 4.78 is 10.3. The van der Waals surface area contributed by atoms with Crippen molar-refractivity contribution in [2.24, 2.45) is 0 Å². The number of hydrogen-bond donors (Lipinski definition) is 1. The summed E-state index contributed by atoms with van der Waals surface area (Å²) in [6, 6.07) is 7.64. The van der Waals surface area contributed by atoms with Gasteiger partial charge in [0.05, 0.1) is 36.6 Å². The van der Waals surface area contributed by atoms with Crippen LogP contribution < -0.4 is 0 Å². The lowest BCUT2D eigenvalue weighted by atomic mass is 10.0. The standard InChI is InChI=1S/C17H15N3O3/c1-3-23-17(21)16-11(9-22-2)15-13(8-19-16)20-12-6-4-5-10(7-18)14(12)15/h4-6,8,20H,3,9H2,1-2H3. The average molecular weight is 309 g/mol. The quantitative estimate of drug-likeness (QED) is 0.749. The molecule has 0 aliphatic carbocycles. The highest BCUT2D eigenvalue weighted by atomic mass is 16.5. The molecule has 3 rings (SSSR count). The first kappa shape index (κ1) is 15.0. The topological polar surface area (TPSA) is 88.0 Å². The van der Waals surface area contributed by atoms with Gasteiger partial charge in [-0.3, -0.25) is 0 Å². The number of carbonyl (C=O) groups is 1. The lowest BCUT2D eigenvalue weighted by Crippen LogP contribution is -2.11. The first-order chi connectivity index (χ1) is 11.2. The average Bonchev–Trinajstić information content (AvgIpc) is 2.94. The van der Waals surface area contributed by atoms with E-state index in [1.54, 1.807) is 26.3 Å². The van der Waals surface area contributed by atoms with E-state index in [9.17, 15) is 10.1 Å². The molecule has 2 heterocycles. The molecule has 0 spiro atoms. The number of carbonyl (C=O) groups excluding carboxylic acids is 1. The molecule has 0 unspecified atom stereocenters. The van der Waals surface area contributed by atoms with Crippen LogP contribution in [0.4, 0.5) is 0 Å². The highest BCUT2D eigenvalue weighted by molar-refractivity contribution is 6.13. The maximum absolute atomic E-state index is 12.2. The number of H-pyrrole nitrogens is 1. The van der Waals surface area contributed by atoms with Gasteiger partial charge in [-0.05, 0) is 19.1 Å². The lowest BCUT2D eigenvalue weighted by molar-refractivity contribution is 0.0514. The second-order valence-electron chi connectivity index (χ2n) is 4.99. The molecule has 0 saturated heterocycles.